The summed E-state index contributed by atoms with van der Waals surface area (Å²) < 4.78 is 0. The monoisotopic (exact) mass is 380 g/mol. The Labute approximate surface area is 163 Å². The number of primary amides is 1. The maximum Gasteiger partial charge on any atom is 0.313 e. The number of nitrogens with one attached hydrogen (secondary N) is 1. The van der Waals surface area contributed by atoms with Crippen LogP contribution < -0.4 is 11.1 Å². The van der Waals surface area contributed by atoms with Gasteiger partial charge in [0.25, 0.3) is 0 Å². The number of nitrogens with two attached hydrogens (primary N) is 1. The standard InChI is InChI=1S/C21H24N4O3/c1-2-14-8-9-25(18(10-14)15-6-4-3-5-7-15)21(28)20(27)24-17-11-16(19(22)26)12-23-13-17/h3-7,11-14,18H,2,8-10H2,1H3,(H2,22,26)(H,24,27)/t14-,18+/m0/s1. The number of piperidine rings is 1. The van der Waals surface area contributed by atoms with Crippen molar-refractivity contribution in [2.75, 3.05) is 11.9 Å². The minimum Gasteiger partial charge on any atom is -0.366 e. The van der Waals surface area contributed by atoms with E-state index in [0.717, 1.165) is 24.8 Å². The molecule has 0 unspecified atom stereocenters. The summed E-state index contributed by atoms with van der Waals surface area (Å²) >= 11 is 0. The lowest BCUT2D eigenvalue weighted by Gasteiger charge is -2.39. The molecule has 146 valence electrons. The third-order valence-electron chi connectivity index (χ3n) is 5.21. The number of anilines is 1. The summed E-state index contributed by atoms with van der Waals surface area (Å²) in [7, 11) is 0. The molecule has 0 radical (unpaired) electrons. The zero-order chi connectivity index (χ0) is 20.1. The van der Waals surface area contributed by atoms with Crippen molar-refractivity contribution in [3.63, 3.8) is 0 Å². The molecule has 1 fully saturated rings. The number of nitrogens with zero attached hydrogens (tertiary/aromatic N) is 2. The summed E-state index contributed by atoms with van der Waals surface area (Å²) in [5.41, 5.74) is 6.68. The largest absolute Gasteiger partial charge is 0.366 e. The Morgan fingerprint density at radius 1 is 1.21 bits per heavy atom. The van der Waals surface area contributed by atoms with Crippen LogP contribution in [0.3, 0.4) is 0 Å². The Morgan fingerprint density at radius 2 is 1.96 bits per heavy atom. The first-order valence-corrected chi connectivity index (χ1v) is 9.41. The summed E-state index contributed by atoms with van der Waals surface area (Å²) in [6.07, 6.45) is 5.43. The molecule has 0 saturated carbocycles. The second-order valence-electron chi connectivity index (χ2n) is 7.00. The second-order valence-corrected chi connectivity index (χ2v) is 7.00. The molecule has 28 heavy (non-hydrogen) atoms. The van der Waals surface area contributed by atoms with E-state index in [9.17, 15) is 14.4 Å². The number of amides is 3. The smallest absolute Gasteiger partial charge is 0.313 e. The molecule has 2 aromatic rings. The third kappa shape index (κ3) is 4.36. The van der Waals surface area contributed by atoms with Crippen molar-refractivity contribution in [1.82, 2.24) is 9.88 Å². The fourth-order valence-electron chi connectivity index (χ4n) is 3.60. The number of hydrogen-bond acceptors (Lipinski definition) is 4. The highest BCUT2D eigenvalue weighted by Crippen LogP contribution is 2.35. The van der Waals surface area contributed by atoms with Crippen LogP contribution in [0.4, 0.5) is 5.69 Å². The number of carbonyl (C=O) groups is 3. The molecule has 2 heterocycles. The zero-order valence-corrected chi connectivity index (χ0v) is 15.8. The Bertz CT molecular complexity index is 869. The molecule has 2 atom stereocenters. The van der Waals surface area contributed by atoms with Crippen molar-refractivity contribution >= 4 is 23.4 Å². The fraction of sp³-hybridized carbons (Fsp3) is 0.333. The molecule has 3 N–H and O–H groups in total. The number of benzene rings is 1. The van der Waals surface area contributed by atoms with Crippen LogP contribution in [0.15, 0.2) is 48.8 Å². The van der Waals surface area contributed by atoms with Crippen molar-refractivity contribution in [1.29, 1.82) is 0 Å². The summed E-state index contributed by atoms with van der Waals surface area (Å²) in [5.74, 6) is -1.47. The van der Waals surface area contributed by atoms with E-state index in [4.69, 9.17) is 5.73 Å². The molecule has 1 aromatic heterocycles. The minimum absolute atomic E-state index is 0.131. The first-order chi connectivity index (χ1) is 13.5. The van der Waals surface area contributed by atoms with Gasteiger partial charge in [0.15, 0.2) is 0 Å². The number of carbonyl (C=O) groups excluding carboxylic acids is 3. The Hall–Kier alpha value is -3.22. The van der Waals surface area contributed by atoms with E-state index in [2.05, 4.69) is 17.2 Å². The van der Waals surface area contributed by atoms with Crippen molar-refractivity contribution in [3.05, 3.63) is 59.9 Å². The highest BCUT2D eigenvalue weighted by molar-refractivity contribution is 6.39. The van der Waals surface area contributed by atoms with Crippen LogP contribution in [0, 0.1) is 5.92 Å². The first-order valence-electron chi connectivity index (χ1n) is 9.41. The van der Waals surface area contributed by atoms with E-state index in [0.29, 0.717) is 12.5 Å². The Balaban J connectivity index is 1.78. The van der Waals surface area contributed by atoms with Crippen LogP contribution >= 0.6 is 0 Å². The van der Waals surface area contributed by atoms with Gasteiger partial charge in [0.2, 0.25) is 5.91 Å². The number of rotatable bonds is 4. The minimum atomic E-state index is -0.751. The van der Waals surface area contributed by atoms with E-state index in [1.54, 1.807) is 4.90 Å². The summed E-state index contributed by atoms with van der Waals surface area (Å²) in [5, 5.41) is 2.53. The SMILES string of the molecule is CC[C@H]1CCN(C(=O)C(=O)Nc2cncc(C(N)=O)c2)[C@@H](c2ccccc2)C1. The van der Waals surface area contributed by atoms with Crippen LogP contribution in [0.5, 0.6) is 0 Å². The summed E-state index contributed by atoms with van der Waals surface area (Å²) in [4.78, 5) is 42.3. The molecule has 0 spiro atoms. The molecular formula is C21H24N4O3. The Kier molecular flexibility index (Phi) is 6.03. The van der Waals surface area contributed by atoms with Crippen LogP contribution in [0.1, 0.15) is 48.1 Å². The average Bonchev–Trinajstić information content (AvgIpc) is 2.73. The van der Waals surface area contributed by atoms with Gasteiger partial charge in [0.1, 0.15) is 0 Å². The Morgan fingerprint density at radius 3 is 2.64 bits per heavy atom. The van der Waals surface area contributed by atoms with Gasteiger partial charge in [0.05, 0.1) is 23.5 Å². The maximum atomic E-state index is 12.9. The molecule has 7 nitrogen and oxygen atoms in total. The number of likely N-dealkylation sites (tertiary alicyclic amines) is 1. The van der Waals surface area contributed by atoms with Gasteiger partial charge in [-0.1, -0.05) is 43.7 Å². The van der Waals surface area contributed by atoms with Gasteiger partial charge < -0.3 is 16.0 Å². The van der Waals surface area contributed by atoms with Crippen LogP contribution in [0.25, 0.3) is 0 Å². The molecule has 1 saturated heterocycles. The molecule has 1 aliphatic heterocycles. The van der Waals surface area contributed by atoms with Crippen molar-refractivity contribution in [3.8, 4) is 0 Å². The van der Waals surface area contributed by atoms with Gasteiger partial charge >= 0.3 is 11.8 Å². The van der Waals surface area contributed by atoms with Crippen molar-refractivity contribution in [2.24, 2.45) is 11.7 Å². The first kappa shape index (κ1) is 19.5. The van der Waals surface area contributed by atoms with E-state index in [1.165, 1.54) is 18.5 Å². The molecule has 3 amide bonds. The number of hydrogen-bond donors (Lipinski definition) is 2. The van der Waals surface area contributed by atoms with Crippen LogP contribution in [0.2, 0.25) is 0 Å². The molecule has 3 rings (SSSR count). The third-order valence-corrected chi connectivity index (χ3v) is 5.21. The van der Waals surface area contributed by atoms with Gasteiger partial charge in [-0.25, -0.2) is 0 Å². The van der Waals surface area contributed by atoms with E-state index < -0.39 is 17.7 Å². The summed E-state index contributed by atoms with van der Waals surface area (Å²) in [6.45, 7) is 2.68. The predicted octanol–water partition coefficient (Wildman–Crippen LogP) is 2.51. The van der Waals surface area contributed by atoms with Crippen molar-refractivity contribution < 1.29 is 14.4 Å². The highest BCUT2D eigenvalue weighted by Gasteiger charge is 2.34. The quantitative estimate of drug-likeness (QED) is 0.795. The lowest BCUT2D eigenvalue weighted by atomic mass is 9.85. The molecule has 0 bridgehead atoms. The number of pyridine rings is 1. The van der Waals surface area contributed by atoms with Gasteiger partial charge in [-0.05, 0) is 30.4 Å². The van der Waals surface area contributed by atoms with E-state index in [1.807, 2.05) is 30.3 Å². The van der Waals surface area contributed by atoms with Gasteiger partial charge in [-0.3, -0.25) is 19.4 Å². The van der Waals surface area contributed by atoms with Gasteiger partial charge in [0, 0.05) is 12.7 Å². The molecular weight excluding hydrogens is 356 g/mol. The normalized spacial score (nSPS) is 19.1. The van der Waals surface area contributed by atoms with Gasteiger partial charge in [-0.15, -0.1) is 0 Å². The average molecular weight is 380 g/mol. The topological polar surface area (TPSA) is 105 Å². The van der Waals surface area contributed by atoms with Crippen LogP contribution in [-0.4, -0.2) is 34.2 Å². The number of aromatic nitrogens is 1. The van der Waals surface area contributed by atoms with Crippen molar-refractivity contribution in [2.45, 2.75) is 32.2 Å². The fourth-order valence-corrected chi connectivity index (χ4v) is 3.60. The molecule has 1 aromatic carbocycles. The van der Waals surface area contributed by atoms with Gasteiger partial charge in [-0.2, -0.15) is 0 Å². The molecule has 1 aliphatic rings. The lowest BCUT2D eigenvalue weighted by Crippen LogP contribution is -2.46. The zero-order valence-electron chi connectivity index (χ0n) is 15.8. The van der Waals surface area contributed by atoms with E-state index in [-0.39, 0.29) is 17.3 Å². The predicted molar refractivity (Wildman–Crippen MR) is 105 cm³/mol. The molecule has 7 heteroatoms. The van der Waals surface area contributed by atoms with E-state index >= 15 is 0 Å². The lowest BCUT2D eigenvalue weighted by molar-refractivity contribution is -0.146. The summed E-state index contributed by atoms with van der Waals surface area (Å²) in [6, 6.07) is 11.1. The second kappa shape index (κ2) is 8.65. The molecule has 0 aliphatic carbocycles. The highest BCUT2D eigenvalue weighted by atomic mass is 16.2. The maximum absolute atomic E-state index is 12.9. The van der Waals surface area contributed by atoms with Crippen LogP contribution in [-0.2, 0) is 9.59 Å².